The van der Waals surface area contributed by atoms with Gasteiger partial charge in [-0.3, -0.25) is 4.79 Å². The summed E-state index contributed by atoms with van der Waals surface area (Å²) in [6, 6.07) is 0.373. The molecule has 5 nitrogen and oxygen atoms in total. The molecule has 2 rings (SSSR count). The summed E-state index contributed by atoms with van der Waals surface area (Å²) < 4.78 is 0. The summed E-state index contributed by atoms with van der Waals surface area (Å²) in [4.78, 5) is 14.1. The van der Waals surface area contributed by atoms with Crippen LogP contribution in [0.3, 0.4) is 0 Å². The molecule has 0 unspecified atom stereocenters. The summed E-state index contributed by atoms with van der Waals surface area (Å²) >= 11 is 1.33. The molecule has 6 heteroatoms. The van der Waals surface area contributed by atoms with E-state index in [-0.39, 0.29) is 5.91 Å². The van der Waals surface area contributed by atoms with Crippen LogP contribution in [0.4, 0.5) is 5.13 Å². The van der Waals surface area contributed by atoms with Crippen molar-refractivity contribution in [1.29, 1.82) is 0 Å². The van der Waals surface area contributed by atoms with Gasteiger partial charge >= 0.3 is 0 Å². The number of rotatable bonds is 4. The van der Waals surface area contributed by atoms with E-state index >= 15 is 0 Å². The third-order valence-electron chi connectivity index (χ3n) is 3.38. The Hall–Kier alpha value is -1.17. The number of nitrogens with zero attached hydrogens (tertiary/aromatic N) is 3. The minimum Gasteiger partial charge on any atom is -0.360 e. The molecule has 0 atom stereocenters. The van der Waals surface area contributed by atoms with Crippen LogP contribution in [-0.2, 0) is 0 Å². The number of carbonyl (C=O) groups is 1. The molecule has 1 aromatic rings. The zero-order valence-electron chi connectivity index (χ0n) is 11.0. The molecular formula is C12H20N4OS. The van der Waals surface area contributed by atoms with Gasteiger partial charge in [0.25, 0.3) is 5.91 Å². The summed E-state index contributed by atoms with van der Waals surface area (Å²) in [5.41, 5.74) is 0. The lowest BCUT2D eigenvalue weighted by Gasteiger charge is -2.30. The van der Waals surface area contributed by atoms with Crippen molar-refractivity contribution in [1.82, 2.24) is 15.1 Å². The van der Waals surface area contributed by atoms with E-state index in [9.17, 15) is 4.79 Å². The van der Waals surface area contributed by atoms with Crippen molar-refractivity contribution in [2.24, 2.45) is 0 Å². The topological polar surface area (TPSA) is 58.1 Å². The fourth-order valence-corrected chi connectivity index (χ4v) is 3.11. The molecule has 0 radical (unpaired) electrons. The molecule has 1 amide bonds. The Labute approximate surface area is 112 Å². The molecule has 0 spiro atoms. The number of hydrogen-bond acceptors (Lipinski definition) is 5. The number of anilines is 1. The van der Waals surface area contributed by atoms with Crippen molar-refractivity contribution in [2.45, 2.75) is 45.1 Å². The predicted molar refractivity (Wildman–Crippen MR) is 73.0 cm³/mol. The maximum atomic E-state index is 12.3. The molecule has 18 heavy (non-hydrogen) atoms. The zero-order valence-corrected chi connectivity index (χ0v) is 11.8. The van der Waals surface area contributed by atoms with Gasteiger partial charge < -0.3 is 10.2 Å². The minimum atomic E-state index is 0.00329. The minimum absolute atomic E-state index is 0.00329. The normalized spacial score (nSPS) is 16.6. The van der Waals surface area contributed by atoms with E-state index in [1.165, 1.54) is 30.6 Å². The van der Waals surface area contributed by atoms with Crippen molar-refractivity contribution in [2.75, 3.05) is 18.9 Å². The maximum Gasteiger partial charge on any atom is 0.284 e. The molecule has 100 valence electrons. The standard InChI is InChI=1S/C12H20N4OS/c1-3-13-12-15-14-10(18-12)11(17)16(2)9-7-5-4-6-8-9/h9H,3-8H2,1-2H3,(H,13,15). The molecule has 1 aliphatic rings. The number of nitrogens with one attached hydrogen (secondary N) is 1. The monoisotopic (exact) mass is 268 g/mol. The molecule has 1 heterocycles. The third-order valence-corrected chi connectivity index (χ3v) is 4.25. The highest BCUT2D eigenvalue weighted by Gasteiger charge is 2.25. The van der Waals surface area contributed by atoms with E-state index in [0.717, 1.165) is 24.5 Å². The lowest BCUT2D eigenvalue weighted by Crippen LogP contribution is -2.38. The van der Waals surface area contributed by atoms with E-state index in [2.05, 4.69) is 15.5 Å². The third kappa shape index (κ3) is 2.98. The molecular weight excluding hydrogens is 248 g/mol. The highest BCUT2D eigenvalue weighted by molar-refractivity contribution is 7.17. The van der Waals surface area contributed by atoms with Crippen molar-refractivity contribution < 1.29 is 4.79 Å². The molecule has 1 aliphatic carbocycles. The molecule has 1 saturated carbocycles. The molecule has 1 N–H and O–H groups in total. The van der Waals surface area contributed by atoms with Crippen LogP contribution in [0.25, 0.3) is 0 Å². The van der Waals surface area contributed by atoms with Crippen LogP contribution in [0.5, 0.6) is 0 Å². The highest BCUT2D eigenvalue weighted by atomic mass is 32.1. The first-order valence-corrected chi connectivity index (χ1v) is 7.38. The first-order valence-electron chi connectivity index (χ1n) is 6.57. The van der Waals surface area contributed by atoms with Crippen LogP contribution in [0.15, 0.2) is 0 Å². The fraction of sp³-hybridized carbons (Fsp3) is 0.750. The summed E-state index contributed by atoms with van der Waals surface area (Å²) in [5, 5.41) is 12.2. The zero-order chi connectivity index (χ0) is 13.0. The number of aromatic nitrogens is 2. The van der Waals surface area contributed by atoms with Crippen molar-refractivity contribution in [3.63, 3.8) is 0 Å². The molecule has 0 aromatic carbocycles. The quantitative estimate of drug-likeness (QED) is 0.911. The van der Waals surface area contributed by atoms with Gasteiger partial charge in [-0.15, -0.1) is 10.2 Å². The Balaban J connectivity index is 2.00. The highest BCUT2D eigenvalue weighted by Crippen LogP contribution is 2.24. The van der Waals surface area contributed by atoms with E-state index < -0.39 is 0 Å². The predicted octanol–water partition coefficient (Wildman–Crippen LogP) is 2.37. The SMILES string of the molecule is CCNc1nnc(C(=O)N(C)C2CCCCC2)s1. The van der Waals surface area contributed by atoms with Gasteiger partial charge in [0.05, 0.1) is 0 Å². The summed E-state index contributed by atoms with van der Waals surface area (Å²) in [5.74, 6) is 0.00329. The second kappa shape index (κ2) is 6.13. The Morgan fingerprint density at radius 2 is 2.11 bits per heavy atom. The van der Waals surface area contributed by atoms with Gasteiger partial charge in [0.1, 0.15) is 0 Å². The van der Waals surface area contributed by atoms with Crippen LogP contribution < -0.4 is 5.32 Å². The second-order valence-electron chi connectivity index (χ2n) is 4.65. The van der Waals surface area contributed by atoms with Crippen molar-refractivity contribution in [3.8, 4) is 0 Å². The number of hydrogen-bond donors (Lipinski definition) is 1. The fourth-order valence-electron chi connectivity index (χ4n) is 2.32. The van der Waals surface area contributed by atoms with E-state index in [1.54, 1.807) is 0 Å². The van der Waals surface area contributed by atoms with Crippen LogP contribution in [-0.4, -0.2) is 40.6 Å². The Bertz CT molecular complexity index is 401. The molecule has 1 fully saturated rings. The molecule has 0 aliphatic heterocycles. The molecule has 0 bridgehead atoms. The van der Waals surface area contributed by atoms with E-state index in [4.69, 9.17) is 0 Å². The Morgan fingerprint density at radius 3 is 2.78 bits per heavy atom. The van der Waals surface area contributed by atoms with E-state index in [1.807, 2.05) is 18.9 Å². The lowest BCUT2D eigenvalue weighted by molar-refractivity contribution is 0.0695. The van der Waals surface area contributed by atoms with Gasteiger partial charge in [-0.05, 0) is 19.8 Å². The average Bonchev–Trinajstić information content (AvgIpc) is 2.87. The van der Waals surface area contributed by atoms with Gasteiger partial charge in [0, 0.05) is 19.6 Å². The summed E-state index contributed by atoms with van der Waals surface area (Å²) in [6.45, 7) is 2.79. The largest absolute Gasteiger partial charge is 0.360 e. The Kier molecular flexibility index (Phi) is 4.52. The van der Waals surface area contributed by atoms with Crippen LogP contribution in [0, 0.1) is 0 Å². The second-order valence-corrected chi connectivity index (χ2v) is 5.63. The first-order chi connectivity index (χ1) is 8.72. The van der Waals surface area contributed by atoms with Crippen LogP contribution in [0.1, 0.15) is 48.8 Å². The smallest absolute Gasteiger partial charge is 0.284 e. The Morgan fingerprint density at radius 1 is 1.39 bits per heavy atom. The van der Waals surface area contributed by atoms with Crippen molar-refractivity contribution >= 4 is 22.4 Å². The summed E-state index contributed by atoms with van der Waals surface area (Å²) in [7, 11) is 1.88. The van der Waals surface area contributed by atoms with E-state index in [0.29, 0.717) is 11.0 Å². The van der Waals surface area contributed by atoms with Crippen LogP contribution in [0.2, 0.25) is 0 Å². The van der Waals surface area contributed by atoms with Gasteiger partial charge in [0.2, 0.25) is 10.1 Å². The first kappa shape index (κ1) is 13.3. The number of amides is 1. The molecule has 0 saturated heterocycles. The maximum absolute atomic E-state index is 12.3. The number of carbonyl (C=O) groups excluding carboxylic acids is 1. The van der Waals surface area contributed by atoms with Gasteiger partial charge in [-0.1, -0.05) is 30.6 Å². The molecule has 1 aromatic heterocycles. The summed E-state index contributed by atoms with van der Waals surface area (Å²) in [6.07, 6.45) is 5.96. The van der Waals surface area contributed by atoms with Gasteiger partial charge in [-0.25, -0.2) is 0 Å². The lowest BCUT2D eigenvalue weighted by atomic mass is 9.94. The van der Waals surface area contributed by atoms with Gasteiger partial charge in [-0.2, -0.15) is 0 Å². The van der Waals surface area contributed by atoms with Gasteiger partial charge in [0.15, 0.2) is 0 Å². The average molecular weight is 268 g/mol. The van der Waals surface area contributed by atoms with Crippen molar-refractivity contribution in [3.05, 3.63) is 5.01 Å². The van der Waals surface area contributed by atoms with Crippen LogP contribution >= 0.6 is 11.3 Å².